The average Bonchev–Trinajstić information content (AvgIpc) is 3.27. The molecule has 1 heterocycles. The number of hydrogen-bond acceptors (Lipinski definition) is 7. The molecule has 2 aromatic carbocycles. The van der Waals surface area contributed by atoms with Crippen molar-refractivity contribution < 1.29 is 33.6 Å². The monoisotopic (exact) mass is 444 g/mol. The second-order valence-electron chi connectivity index (χ2n) is 7.65. The quantitative estimate of drug-likeness (QED) is 0.511. The number of ether oxygens (including phenoxy) is 4. The summed E-state index contributed by atoms with van der Waals surface area (Å²) in [5.74, 6) is 1.47. The number of fused-ring (bicyclic) bond motifs is 1. The first-order valence-corrected chi connectivity index (χ1v) is 10.3. The van der Waals surface area contributed by atoms with Crippen molar-refractivity contribution in [2.75, 3.05) is 27.1 Å². The molecule has 172 valence electrons. The van der Waals surface area contributed by atoms with Crippen LogP contribution in [0.5, 0.6) is 23.0 Å². The van der Waals surface area contributed by atoms with Crippen LogP contribution in [0.2, 0.25) is 0 Å². The number of aliphatic hydroxyl groups is 1. The van der Waals surface area contributed by atoms with Crippen LogP contribution in [0, 0.1) is 5.92 Å². The van der Waals surface area contributed by atoms with Crippen LogP contribution >= 0.6 is 0 Å². The first-order chi connectivity index (χ1) is 15.4. The number of carbonyl (C=O) groups excluding carboxylic acids is 2. The van der Waals surface area contributed by atoms with E-state index in [1.54, 1.807) is 49.6 Å². The molecule has 0 saturated carbocycles. The second-order valence-corrected chi connectivity index (χ2v) is 7.65. The van der Waals surface area contributed by atoms with Gasteiger partial charge in [-0.2, -0.15) is 0 Å². The number of amides is 2. The van der Waals surface area contributed by atoms with Gasteiger partial charge in [0.25, 0.3) is 5.91 Å². The number of aliphatic hydroxyl groups excluding tert-OH is 1. The van der Waals surface area contributed by atoms with Gasteiger partial charge in [-0.05, 0) is 42.3 Å². The Morgan fingerprint density at radius 2 is 1.75 bits per heavy atom. The van der Waals surface area contributed by atoms with Crippen molar-refractivity contribution in [3.8, 4) is 23.0 Å². The molecule has 0 saturated heterocycles. The van der Waals surface area contributed by atoms with Gasteiger partial charge in [-0.25, -0.2) is 0 Å². The number of hydrogen-bond donors (Lipinski definition) is 3. The molecule has 1 aliphatic heterocycles. The minimum Gasteiger partial charge on any atom is -0.497 e. The molecule has 0 bridgehead atoms. The predicted octanol–water partition coefficient (Wildman–Crippen LogP) is 1.73. The van der Waals surface area contributed by atoms with E-state index in [1.807, 2.05) is 13.8 Å². The van der Waals surface area contributed by atoms with E-state index in [1.165, 1.54) is 0 Å². The lowest BCUT2D eigenvalue weighted by Crippen LogP contribution is -2.51. The lowest BCUT2D eigenvalue weighted by atomic mass is 10.0. The smallest absolute Gasteiger partial charge is 0.251 e. The van der Waals surface area contributed by atoms with Crippen LogP contribution in [0.1, 0.15) is 24.2 Å². The van der Waals surface area contributed by atoms with Crippen LogP contribution in [-0.2, 0) is 4.79 Å². The molecule has 2 atom stereocenters. The Bertz CT molecular complexity index is 930. The molecule has 3 N–H and O–H groups in total. The molecule has 9 nitrogen and oxygen atoms in total. The minimum atomic E-state index is -0.936. The zero-order chi connectivity index (χ0) is 23.1. The third kappa shape index (κ3) is 6.04. The molecule has 0 spiro atoms. The van der Waals surface area contributed by atoms with Crippen molar-refractivity contribution >= 4 is 11.8 Å². The van der Waals surface area contributed by atoms with Gasteiger partial charge in [0.15, 0.2) is 11.5 Å². The highest BCUT2D eigenvalue weighted by atomic mass is 16.7. The van der Waals surface area contributed by atoms with Crippen LogP contribution < -0.4 is 29.6 Å². The van der Waals surface area contributed by atoms with Gasteiger partial charge >= 0.3 is 0 Å². The van der Waals surface area contributed by atoms with E-state index < -0.39 is 12.1 Å². The Morgan fingerprint density at radius 3 is 2.44 bits per heavy atom. The standard InChI is InChI=1S/C23H28N2O7/c1-14(2)21(25-22(27)15-4-6-17(29-3)7-5-15)23(28)24-11-16(26)12-30-18-8-9-19-20(10-18)32-13-31-19/h4-10,14,16,21,26H,11-13H2,1-3H3,(H,24,28)(H,25,27). The molecule has 0 radical (unpaired) electrons. The largest absolute Gasteiger partial charge is 0.497 e. The Labute approximate surface area is 186 Å². The molecule has 2 unspecified atom stereocenters. The van der Waals surface area contributed by atoms with Crippen molar-refractivity contribution in [3.63, 3.8) is 0 Å². The van der Waals surface area contributed by atoms with Gasteiger partial charge < -0.3 is 34.7 Å². The fourth-order valence-electron chi connectivity index (χ4n) is 3.05. The van der Waals surface area contributed by atoms with Gasteiger partial charge in [0, 0.05) is 18.2 Å². The van der Waals surface area contributed by atoms with Gasteiger partial charge in [0.1, 0.15) is 30.3 Å². The fourth-order valence-corrected chi connectivity index (χ4v) is 3.05. The number of rotatable bonds is 10. The number of methoxy groups -OCH3 is 1. The van der Waals surface area contributed by atoms with E-state index in [0.29, 0.717) is 28.6 Å². The average molecular weight is 444 g/mol. The predicted molar refractivity (Wildman–Crippen MR) is 116 cm³/mol. The second kappa shape index (κ2) is 10.7. The van der Waals surface area contributed by atoms with Crippen LogP contribution in [0.15, 0.2) is 42.5 Å². The maximum Gasteiger partial charge on any atom is 0.251 e. The maximum absolute atomic E-state index is 12.6. The molecule has 32 heavy (non-hydrogen) atoms. The molecule has 0 aromatic heterocycles. The summed E-state index contributed by atoms with van der Waals surface area (Å²) in [6.07, 6.45) is -0.936. The van der Waals surface area contributed by atoms with E-state index in [0.717, 1.165) is 0 Å². The summed E-state index contributed by atoms with van der Waals surface area (Å²) in [6.45, 7) is 3.78. The SMILES string of the molecule is COc1ccc(C(=O)NC(C(=O)NCC(O)COc2ccc3c(c2)OCO3)C(C)C)cc1. The fraction of sp³-hybridized carbons (Fsp3) is 0.391. The normalized spacial score (nSPS) is 13.9. The highest BCUT2D eigenvalue weighted by molar-refractivity contribution is 5.97. The third-order valence-corrected chi connectivity index (χ3v) is 4.89. The van der Waals surface area contributed by atoms with Crippen molar-refractivity contribution in [1.82, 2.24) is 10.6 Å². The molecular weight excluding hydrogens is 416 g/mol. The zero-order valence-corrected chi connectivity index (χ0v) is 18.3. The van der Waals surface area contributed by atoms with Gasteiger partial charge in [-0.3, -0.25) is 9.59 Å². The summed E-state index contributed by atoms with van der Waals surface area (Å²) >= 11 is 0. The van der Waals surface area contributed by atoms with Crippen LogP contribution in [0.4, 0.5) is 0 Å². The van der Waals surface area contributed by atoms with Crippen molar-refractivity contribution in [1.29, 1.82) is 0 Å². The van der Waals surface area contributed by atoms with Gasteiger partial charge in [-0.15, -0.1) is 0 Å². The van der Waals surface area contributed by atoms with Crippen LogP contribution in [0.3, 0.4) is 0 Å². The van der Waals surface area contributed by atoms with E-state index >= 15 is 0 Å². The molecule has 0 aliphatic carbocycles. The minimum absolute atomic E-state index is 0.0228. The van der Waals surface area contributed by atoms with Crippen LogP contribution in [-0.4, -0.2) is 56.1 Å². The molecule has 2 amide bonds. The Morgan fingerprint density at radius 1 is 1.06 bits per heavy atom. The lowest BCUT2D eigenvalue weighted by Gasteiger charge is -2.22. The van der Waals surface area contributed by atoms with Gasteiger partial charge in [0.2, 0.25) is 12.7 Å². The highest BCUT2D eigenvalue weighted by Gasteiger charge is 2.25. The van der Waals surface area contributed by atoms with E-state index in [2.05, 4.69) is 10.6 Å². The molecule has 2 aromatic rings. The molecule has 1 aliphatic rings. The van der Waals surface area contributed by atoms with E-state index in [4.69, 9.17) is 18.9 Å². The lowest BCUT2D eigenvalue weighted by molar-refractivity contribution is -0.124. The van der Waals surface area contributed by atoms with Gasteiger partial charge in [0.05, 0.1) is 7.11 Å². The van der Waals surface area contributed by atoms with E-state index in [-0.39, 0.29) is 37.7 Å². The maximum atomic E-state index is 12.6. The van der Waals surface area contributed by atoms with Crippen molar-refractivity contribution in [2.24, 2.45) is 5.92 Å². The number of nitrogens with one attached hydrogen (secondary N) is 2. The third-order valence-electron chi connectivity index (χ3n) is 4.89. The zero-order valence-electron chi connectivity index (χ0n) is 18.3. The summed E-state index contributed by atoms with van der Waals surface area (Å²) in [4.78, 5) is 25.2. The first-order valence-electron chi connectivity index (χ1n) is 10.3. The molecule has 3 rings (SSSR count). The highest BCUT2D eigenvalue weighted by Crippen LogP contribution is 2.35. The van der Waals surface area contributed by atoms with Crippen molar-refractivity contribution in [2.45, 2.75) is 26.0 Å². The summed E-state index contributed by atoms with van der Waals surface area (Å²) < 4.78 is 21.2. The van der Waals surface area contributed by atoms with E-state index in [9.17, 15) is 14.7 Å². The first kappa shape index (κ1) is 23.2. The Balaban J connectivity index is 1.47. The summed E-state index contributed by atoms with van der Waals surface area (Å²) in [5.41, 5.74) is 0.418. The molecule has 0 fully saturated rings. The summed E-state index contributed by atoms with van der Waals surface area (Å²) in [5, 5.41) is 15.6. The number of benzene rings is 2. The Kier molecular flexibility index (Phi) is 7.77. The summed E-state index contributed by atoms with van der Waals surface area (Å²) in [6, 6.07) is 11.0. The topological polar surface area (TPSA) is 115 Å². The molecule has 9 heteroatoms. The molecular formula is C23H28N2O7. The van der Waals surface area contributed by atoms with Crippen LogP contribution in [0.25, 0.3) is 0 Å². The Hall–Kier alpha value is -3.46. The summed E-state index contributed by atoms with van der Waals surface area (Å²) in [7, 11) is 1.54. The van der Waals surface area contributed by atoms with Gasteiger partial charge in [-0.1, -0.05) is 13.8 Å². The van der Waals surface area contributed by atoms with Crippen molar-refractivity contribution in [3.05, 3.63) is 48.0 Å². The number of carbonyl (C=O) groups is 2.